The van der Waals surface area contributed by atoms with E-state index in [1.807, 2.05) is 30.3 Å². The molecule has 1 aliphatic heterocycles. The summed E-state index contributed by atoms with van der Waals surface area (Å²) in [5, 5.41) is 9.96. The molecule has 1 fully saturated rings. The molecule has 0 unspecified atom stereocenters. The standard InChI is InChI=1S/C17H21NO5/c1-11(19)8-15(20)12(2)16(21)18-14(10-23-17(18)22)9-13-6-4-3-5-7-13/h3-7,12,14-15,20H,8-10H2,1-2H3/t12-,14-,15+/m0/s1. The molecular weight excluding hydrogens is 298 g/mol. The minimum absolute atomic E-state index is 0.112. The van der Waals surface area contributed by atoms with E-state index >= 15 is 0 Å². The number of carbonyl (C=O) groups excluding carboxylic acids is 3. The Labute approximate surface area is 135 Å². The molecule has 2 amide bonds. The third-order valence-electron chi connectivity index (χ3n) is 3.98. The van der Waals surface area contributed by atoms with E-state index in [9.17, 15) is 19.5 Å². The molecule has 0 radical (unpaired) electrons. The molecule has 2 rings (SSSR count). The summed E-state index contributed by atoms with van der Waals surface area (Å²) in [4.78, 5) is 36.6. The van der Waals surface area contributed by atoms with Gasteiger partial charge in [-0.2, -0.15) is 0 Å². The minimum Gasteiger partial charge on any atom is -0.447 e. The number of aliphatic hydroxyl groups excluding tert-OH is 1. The number of imide groups is 1. The normalized spacial score (nSPS) is 20.0. The Morgan fingerprint density at radius 1 is 1.35 bits per heavy atom. The first kappa shape index (κ1) is 17.1. The maximum absolute atomic E-state index is 12.5. The summed E-state index contributed by atoms with van der Waals surface area (Å²) in [5.74, 6) is -1.56. The molecular formula is C17H21NO5. The van der Waals surface area contributed by atoms with Crippen LogP contribution < -0.4 is 0 Å². The molecule has 23 heavy (non-hydrogen) atoms. The van der Waals surface area contributed by atoms with Crippen LogP contribution in [-0.2, 0) is 20.7 Å². The van der Waals surface area contributed by atoms with Crippen LogP contribution in [0.4, 0.5) is 4.79 Å². The van der Waals surface area contributed by atoms with Crippen molar-refractivity contribution in [1.82, 2.24) is 4.90 Å². The Morgan fingerprint density at radius 3 is 2.61 bits per heavy atom. The van der Waals surface area contributed by atoms with Crippen LogP contribution in [0.5, 0.6) is 0 Å². The average Bonchev–Trinajstić information content (AvgIpc) is 2.86. The third-order valence-corrected chi connectivity index (χ3v) is 3.98. The molecule has 6 heteroatoms. The van der Waals surface area contributed by atoms with Crippen LogP contribution in [-0.4, -0.2) is 46.5 Å². The van der Waals surface area contributed by atoms with E-state index in [-0.39, 0.29) is 18.8 Å². The second-order valence-corrected chi connectivity index (χ2v) is 5.89. The Morgan fingerprint density at radius 2 is 2.00 bits per heavy atom. The highest BCUT2D eigenvalue weighted by Gasteiger charge is 2.41. The van der Waals surface area contributed by atoms with Gasteiger partial charge in [0.15, 0.2) is 0 Å². The zero-order valence-electron chi connectivity index (χ0n) is 13.3. The fraction of sp³-hybridized carbons (Fsp3) is 0.471. The van der Waals surface area contributed by atoms with Crippen molar-refractivity contribution < 1.29 is 24.2 Å². The summed E-state index contributed by atoms with van der Waals surface area (Å²) in [6.45, 7) is 3.00. The van der Waals surface area contributed by atoms with E-state index < -0.39 is 30.1 Å². The number of ether oxygens (including phenoxy) is 1. The van der Waals surface area contributed by atoms with Gasteiger partial charge in [-0.15, -0.1) is 0 Å². The number of rotatable bonds is 6. The Balaban J connectivity index is 2.09. The van der Waals surface area contributed by atoms with Crippen molar-refractivity contribution in [1.29, 1.82) is 0 Å². The Hall–Kier alpha value is -2.21. The number of hydrogen-bond donors (Lipinski definition) is 1. The van der Waals surface area contributed by atoms with Crippen LogP contribution >= 0.6 is 0 Å². The highest BCUT2D eigenvalue weighted by molar-refractivity contribution is 5.95. The van der Waals surface area contributed by atoms with Gasteiger partial charge in [-0.3, -0.25) is 9.59 Å². The van der Waals surface area contributed by atoms with Crippen molar-refractivity contribution >= 4 is 17.8 Å². The van der Waals surface area contributed by atoms with E-state index in [0.29, 0.717) is 6.42 Å². The molecule has 1 aromatic carbocycles. The summed E-state index contributed by atoms with van der Waals surface area (Å²) in [7, 11) is 0. The number of nitrogens with zero attached hydrogens (tertiary/aromatic N) is 1. The van der Waals surface area contributed by atoms with Crippen LogP contribution in [0.3, 0.4) is 0 Å². The smallest absolute Gasteiger partial charge is 0.416 e. The molecule has 0 aliphatic carbocycles. The first-order valence-corrected chi connectivity index (χ1v) is 7.61. The quantitative estimate of drug-likeness (QED) is 0.860. The van der Waals surface area contributed by atoms with Gasteiger partial charge in [0.1, 0.15) is 12.4 Å². The topological polar surface area (TPSA) is 83.9 Å². The lowest BCUT2D eigenvalue weighted by Gasteiger charge is -2.25. The van der Waals surface area contributed by atoms with E-state index in [0.717, 1.165) is 10.5 Å². The second kappa shape index (κ2) is 7.37. The largest absolute Gasteiger partial charge is 0.447 e. The third kappa shape index (κ3) is 4.16. The van der Waals surface area contributed by atoms with Gasteiger partial charge in [-0.1, -0.05) is 37.3 Å². The number of Topliss-reactive ketones (excluding diaryl/α,β-unsaturated/α-hetero) is 1. The summed E-state index contributed by atoms with van der Waals surface area (Å²) >= 11 is 0. The van der Waals surface area contributed by atoms with Gasteiger partial charge >= 0.3 is 6.09 Å². The van der Waals surface area contributed by atoms with Gasteiger partial charge in [0.05, 0.1) is 18.1 Å². The van der Waals surface area contributed by atoms with Crippen molar-refractivity contribution in [3.8, 4) is 0 Å². The second-order valence-electron chi connectivity index (χ2n) is 5.89. The lowest BCUT2D eigenvalue weighted by molar-refractivity contribution is -0.137. The lowest BCUT2D eigenvalue weighted by atomic mass is 9.97. The molecule has 0 aromatic heterocycles. The van der Waals surface area contributed by atoms with Gasteiger partial charge in [0.2, 0.25) is 5.91 Å². The van der Waals surface area contributed by atoms with E-state index in [1.165, 1.54) is 13.8 Å². The molecule has 0 spiro atoms. The SMILES string of the molecule is CC(=O)C[C@@H](O)[C@H](C)C(=O)N1C(=O)OC[C@@H]1Cc1ccccc1. The first-order chi connectivity index (χ1) is 10.9. The van der Waals surface area contributed by atoms with Crippen molar-refractivity contribution in [3.63, 3.8) is 0 Å². The maximum Gasteiger partial charge on any atom is 0.416 e. The van der Waals surface area contributed by atoms with Gasteiger partial charge in [-0.25, -0.2) is 9.69 Å². The molecule has 1 saturated heterocycles. The van der Waals surface area contributed by atoms with Crippen LogP contribution in [0, 0.1) is 5.92 Å². The first-order valence-electron chi connectivity index (χ1n) is 7.61. The van der Waals surface area contributed by atoms with Crippen LogP contribution in [0.25, 0.3) is 0 Å². The highest BCUT2D eigenvalue weighted by Crippen LogP contribution is 2.22. The summed E-state index contributed by atoms with van der Waals surface area (Å²) < 4.78 is 5.00. The predicted molar refractivity (Wildman–Crippen MR) is 82.6 cm³/mol. The molecule has 124 valence electrons. The number of ketones is 1. The number of carbonyl (C=O) groups is 3. The summed E-state index contributed by atoms with van der Waals surface area (Å²) in [6.07, 6.45) is -1.42. The van der Waals surface area contributed by atoms with Crippen molar-refractivity contribution in [2.45, 2.75) is 38.8 Å². The molecule has 0 saturated carbocycles. The number of amides is 2. The Kier molecular flexibility index (Phi) is 5.50. The van der Waals surface area contributed by atoms with Gasteiger partial charge in [0, 0.05) is 6.42 Å². The minimum atomic E-state index is -1.11. The molecule has 1 N–H and O–H groups in total. The van der Waals surface area contributed by atoms with Crippen LogP contribution in [0.2, 0.25) is 0 Å². The molecule has 3 atom stereocenters. The van der Waals surface area contributed by atoms with E-state index in [2.05, 4.69) is 0 Å². The van der Waals surface area contributed by atoms with Gasteiger partial charge in [-0.05, 0) is 18.9 Å². The number of benzene rings is 1. The van der Waals surface area contributed by atoms with E-state index in [4.69, 9.17) is 4.74 Å². The molecule has 1 heterocycles. The summed E-state index contributed by atoms with van der Waals surface area (Å²) in [6, 6.07) is 9.10. The van der Waals surface area contributed by atoms with Gasteiger partial charge < -0.3 is 9.84 Å². The van der Waals surface area contributed by atoms with Crippen molar-refractivity contribution in [2.75, 3.05) is 6.61 Å². The van der Waals surface area contributed by atoms with Crippen LogP contribution in [0.15, 0.2) is 30.3 Å². The fourth-order valence-electron chi connectivity index (χ4n) is 2.62. The zero-order valence-corrected chi connectivity index (χ0v) is 13.3. The predicted octanol–water partition coefficient (Wildman–Crippen LogP) is 1.55. The monoisotopic (exact) mass is 319 g/mol. The van der Waals surface area contributed by atoms with Crippen molar-refractivity contribution in [2.24, 2.45) is 5.92 Å². The summed E-state index contributed by atoms with van der Waals surface area (Å²) in [5.41, 5.74) is 0.991. The fourth-order valence-corrected chi connectivity index (χ4v) is 2.62. The van der Waals surface area contributed by atoms with Crippen molar-refractivity contribution in [3.05, 3.63) is 35.9 Å². The van der Waals surface area contributed by atoms with E-state index in [1.54, 1.807) is 0 Å². The lowest BCUT2D eigenvalue weighted by Crippen LogP contribution is -2.46. The van der Waals surface area contributed by atoms with Gasteiger partial charge in [0.25, 0.3) is 0 Å². The average molecular weight is 319 g/mol. The maximum atomic E-state index is 12.5. The Bertz CT molecular complexity index is 586. The highest BCUT2D eigenvalue weighted by atomic mass is 16.6. The molecule has 6 nitrogen and oxygen atoms in total. The van der Waals surface area contributed by atoms with Crippen LogP contribution in [0.1, 0.15) is 25.8 Å². The number of aliphatic hydroxyl groups is 1. The molecule has 1 aliphatic rings. The number of hydrogen-bond acceptors (Lipinski definition) is 5. The molecule has 1 aromatic rings. The number of cyclic esters (lactones) is 1. The molecule has 0 bridgehead atoms. The zero-order chi connectivity index (χ0) is 17.0.